The minimum atomic E-state index is 0.573. The van der Waals surface area contributed by atoms with Crippen LogP contribution in [0.1, 0.15) is 5.76 Å². The molecule has 0 aliphatic rings. The van der Waals surface area contributed by atoms with Gasteiger partial charge in [-0.3, -0.25) is 0 Å². The van der Waals surface area contributed by atoms with Crippen molar-refractivity contribution in [2.24, 2.45) is 0 Å². The molecule has 0 aliphatic carbocycles. The average molecular weight is 274 g/mol. The number of hydrogen-bond donors (Lipinski definition) is 1. The zero-order valence-corrected chi connectivity index (χ0v) is 11.1. The van der Waals surface area contributed by atoms with Crippen molar-refractivity contribution >= 4 is 17.3 Å². The van der Waals surface area contributed by atoms with Crippen LogP contribution in [-0.4, -0.2) is 9.78 Å². The molecule has 0 unspecified atom stereocenters. The molecular formula is C14H12ClN3O. The van der Waals surface area contributed by atoms with Gasteiger partial charge in [-0.05, 0) is 43.3 Å². The third kappa shape index (κ3) is 2.22. The molecule has 4 nitrogen and oxygen atoms in total. The van der Waals surface area contributed by atoms with Gasteiger partial charge in [-0.1, -0.05) is 11.6 Å². The molecule has 0 spiro atoms. The highest BCUT2D eigenvalue weighted by molar-refractivity contribution is 6.30. The van der Waals surface area contributed by atoms with Gasteiger partial charge in [-0.15, -0.1) is 0 Å². The number of hydrogen-bond acceptors (Lipinski definition) is 3. The lowest BCUT2D eigenvalue weighted by molar-refractivity contribution is 0.546. The minimum absolute atomic E-state index is 0.573. The standard InChI is InChI=1S/C14H12ClN3O/c1-9-2-7-13(19-9)14-12(16)8-18(17-14)11-5-3-10(15)4-6-11/h2-8H,16H2,1H3. The Labute approximate surface area is 115 Å². The second-order valence-electron chi connectivity index (χ2n) is 4.26. The van der Waals surface area contributed by atoms with Gasteiger partial charge in [0.2, 0.25) is 0 Å². The Morgan fingerprint density at radius 1 is 1.16 bits per heavy atom. The summed E-state index contributed by atoms with van der Waals surface area (Å²) in [4.78, 5) is 0. The summed E-state index contributed by atoms with van der Waals surface area (Å²) in [7, 11) is 0. The third-order valence-corrected chi connectivity index (χ3v) is 3.06. The van der Waals surface area contributed by atoms with Crippen molar-refractivity contribution in [3.8, 4) is 17.1 Å². The monoisotopic (exact) mass is 273 g/mol. The van der Waals surface area contributed by atoms with Gasteiger partial charge in [0.15, 0.2) is 11.5 Å². The van der Waals surface area contributed by atoms with Gasteiger partial charge in [-0.25, -0.2) is 4.68 Å². The summed E-state index contributed by atoms with van der Waals surface area (Å²) < 4.78 is 7.25. The van der Waals surface area contributed by atoms with Crippen LogP contribution < -0.4 is 5.73 Å². The zero-order chi connectivity index (χ0) is 13.4. The van der Waals surface area contributed by atoms with Crippen molar-refractivity contribution in [3.05, 3.63) is 53.4 Å². The molecule has 2 heterocycles. The first-order valence-corrected chi connectivity index (χ1v) is 6.19. The summed E-state index contributed by atoms with van der Waals surface area (Å²) in [6.07, 6.45) is 1.76. The molecule has 2 N–H and O–H groups in total. The maximum Gasteiger partial charge on any atom is 0.156 e. The van der Waals surface area contributed by atoms with Crippen molar-refractivity contribution in [2.45, 2.75) is 6.92 Å². The first-order chi connectivity index (χ1) is 9.13. The number of aromatic nitrogens is 2. The molecule has 2 aromatic heterocycles. The lowest BCUT2D eigenvalue weighted by atomic mass is 10.3. The smallest absolute Gasteiger partial charge is 0.156 e. The molecule has 96 valence electrons. The third-order valence-electron chi connectivity index (χ3n) is 2.81. The maximum absolute atomic E-state index is 5.98. The molecule has 1 aromatic carbocycles. The van der Waals surface area contributed by atoms with E-state index in [9.17, 15) is 0 Å². The second-order valence-corrected chi connectivity index (χ2v) is 4.70. The van der Waals surface area contributed by atoms with E-state index in [4.69, 9.17) is 21.8 Å². The number of aryl methyl sites for hydroxylation is 1. The van der Waals surface area contributed by atoms with E-state index in [0.29, 0.717) is 22.2 Å². The highest BCUT2D eigenvalue weighted by Gasteiger charge is 2.12. The van der Waals surface area contributed by atoms with Crippen LogP contribution in [0.2, 0.25) is 5.02 Å². The largest absolute Gasteiger partial charge is 0.460 e. The van der Waals surface area contributed by atoms with Crippen molar-refractivity contribution in [2.75, 3.05) is 5.73 Å². The van der Waals surface area contributed by atoms with Crippen molar-refractivity contribution < 1.29 is 4.42 Å². The fourth-order valence-electron chi connectivity index (χ4n) is 1.87. The van der Waals surface area contributed by atoms with Gasteiger partial charge >= 0.3 is 0 Å². The van der Waals surface area contributed by atoms with E-state index in [-0.39, 0.29) is 0 Å². The molecule has 19 heavy (non-hydrogen) atoms. The number of nitrogens with two attached hydrogens (primary N) is 1. The highest BCUT2D eigenvalue weighted by atomic mass is 35.5. The number of nitrogens with zero attached hydrogens (tertiary/aromatic N) is 2. The van der Waals surface area contributed by atoms with Crippen LogP contribution in [0.15, 0.2) is 47.0 Å². The quantitative estimate of drug-likeness (QED) is 0.775. The summed E-state index contributed by atoms with van der Waals surface area (Å²) in [6.45, 7) is 1.88. The summed E-state index contributed by atoms with van der Waals surface area (Å²) in [5.74, 6) is 1.50. The molecule has 0 saturated carbocycles. The molecule has 5 heteroatoms. The number of furan rings is 1. The molecular weight excluding hydrogens is 262 g/mol. The Morgan fingerprint density at radius 3 is 2.53 bits per heavy atom. The number of nitrogen functional groups attached to an aromatic ring is 1. The van der Waals surface area contributed by atoms with E-state index in [2.05, 4.69) is 5.10 Å². The Kier molecular flexibility index (Phi) is 2.80. The topological polar surface area (TPSA) is 57.0 Å². The fraction of sp³-hybridized carbons (Fsp3) is 0.0714. The van der Waals surface area contributed by atoms with Gasteiger partial charge in [0.05, 0.1) is 17.6 Å². The second kappa shape index (κ2) is 4.48. The predicted octanol–water partition coefficient (Wildman–Crippen LogP) is 3.68. The van der Waals surface area contributed by atoms with Crippen LogP contribution in [0.4, 0.5) is 5.69 Å². The van der Waals surface area contributed by atoms with Crippen LogP contribution in [0.5, 0.6) is 0 Å². The first kappa shape index (κ1) is 11.9. The summed E-state index contributed by atoms with van der Waals surface area (Å²) >= 11 is 5.86. The number of halogens is 1. The van der Waals surface area contributed by atoms with Crippen molar-refractivity contribution in [3.63, 3.8) is 0 Å². The SMILES string of the molecule is Cc1ccc(-c2nn(-c3ccc(Cl)cc3)cc2N)o1. The molecule has 0 bridgehead atoms. The van der Waals surface area contributed by atoms with E-state index in [1.165, 1.54) is 0 Å². The first-order valence-electron chi connectivity index (χ1n) is 5.81. The molecule has 0 radical (unpaired) electrons. The molecule has 0 amide bonds. The van der Waals surface area contributed by atoms with E-state index >= 15 is 0 Å². The summed E-state index contributed by atoms with van der Waals surface area (Å²) in [6, 6.07) is 11.1. The number of benzene rings is 1. The maximum atomic E-state index is 5.98. The van der Waals surface area contributed by atoms with Crippen LogP contribution in [0.3, 0.4) is 0 Å². The number of anilines is 1. The molecule has 0 aliphatic heterocycles. The number of rotatable bonds is 2. The van der Waals surface area contributed by atoms with Crippen molar-refractivity contribution in [1.29, 1.82) is 0 Å². The Balaban J connectivity index is 2.04. The lowest BCUT2D eigenvalue weighted by Gasteiger charge is -2.00. The molecule has 3 aromatic rings. The van der Waals surface area contributed by atoms with E-state index in [1.807, 2.05) is 43.3 Å². The van der Waals surface area contributed by atoms with Gasteiger partial charge in [0.1, 0.15) is 5.76 Å². The van der Waals surface area contributed by atoms with E-state index in [0.717, 1.165) is 11.4 Å². The normalized spacial score (nSPS) is 10.8. The highest BCUT2D eigenvalue weighted by Crippen LogP contribution is 2.27. The van der Waals surface area contributed by atoms with Gasteiger partial charge in [-0.2, -0.15) is 5.10 Å². The summed E-state index contributed by atoms with van der Waals surface area (Å²) in [5, 5.41) is 5.13. The van der Waals surface area contributed by atoms with Crippen LogP contribution >= 0.6 is 11.6 Å². The Bertz CT molecular complexity index is 713. The molecule has 0 atom stereocenters. The van der Waals surface area contributed by atoms with Crippen LogP contribution in [-0.2, 0) is 0 Å². The Hall–Kier alpha value is -2.20. The van der Waals surface area contributed by atoms with Crippen molar-refractivity contribution in [1.82, 2.24) is 9.78 Å². The van der Waals surface area contributed by atoms with E-state index < -0.39 is 0 Å². The minimum Gasteiger partial charge on any atom is -0.460 e. The fourth-order valence-corrected chi connectivity index (χ4v) is 1.99. The molecule has 3 rings (SSSR count). The summed E-state index contributed by atoms with van der Waals surface area (Å²) in [5.41, 5.74) is 8.09. The average Bonchev–Trinajstić information content (AvgIpc) is 2.96. The van der Waals surface area contributed by atoms with E-state index in [1.54, 1.807) is 10.9 Å². The van der Waals surface area contributed by atoms with Gasteiger partial charge < -0.3 is 10.2 Å². The predicted molar refractivity (Wildman–Crippen MR) is 75.4 cm³/mol. The van der Waals surface area contributed by atoms with Crippen LogP contribution in [0.25, 0.3) is 17.1 Å². The van der Waals surface area contributed by atoms with Gasteiger partial charge in [0, 0.05) is 5.02 Å². The molecule has 0 fully saturated rings. The lowest BCUT2D eigenvalue weighted by Crippen LogP contribution is -1.94. The van der Waals surface area contributed by atoms with Gasteiger partial charge in [0.25, 0.3) is 0 Å². The zero-order valence-electron chi connectivity index (χ0n) is 10.3. The Morgan fingerprint density at radius 2 is 1.89 bits per heavy atom. The molecule has 0 saturated heterocycles. The van der Waals surface area contributed by atoms with Crippen LogP contribution in [0, 0.1) is 6.92 Å².